The van der Waals surface area contributed by atoms with E-state index in [0.29, 0.717) is 27.9 Å². The molecule has 5 nitrogen and oxygen atoms in total. The van der Waals surface area contributed by atoms with Crippen LogP contribution in [0, 0.1) is 6.92 Å². The molecule has 1 amide bonds. The molecule has 0 radical (unpaired) electrons. The van der Waals surface area contributed by atoms with Gasteiger partial charge in [0.2, 0.25) is 5.89 Å². The number of oxazole rings is 1. The Labute approximate surface area is 173 Å². The molecule has 0 aliphatic heterocycles. The first-order valence-corrected chi connectivity index (χ1v) is 9.57. The number of halogens is 1. The first-order chi connectivity index (χ1) is 14.0. The van der Waals surface area contributed by atoms with E-state index in [9.17, 15) is 4.79 Å². The van der Waals surface area contributed by atoms with Crippen LogP contribution in [0.1, 0.15) is 12.5 Å². The average Bonchev–Trinajstić information content (AvgIpc) is 3.14. The van der Waals surface area contributed by atoms with Crippen LogP contribution >= 0.6 is 11.6 Å². The highest BCUT2D eigenvalue weighted by molar-refractivity contribution is 6.30. The molecule has 1 aromatic heterocycles. The maximum absolute atomic E-state index is 12.5. The molecule has 0 spiro atoms. The fourth-order valence-corrected chi connectivity index (χ4v) is 3.17. The number of aromatic nitrogens is 1. The zero-order chi connectivity index (χ0) is 20.4. The molecule has 0 bridgehead atoms. The molecule has 146 valence electrons. The first kappa shape index (κ1) is 19.0. The van der Waals surface area contributed by atoms with Gasteiger partial charge in [-0.2, -0.15) is 0 Å². The summed E-state index contributed by atoms with van der Waals surface area (Å²) in [6.07, 6.45) is -0.680. The third kappa shape index (κ3) is 4.25. The highest BCUT2D eigenvalue weighted by Gasteiger charge is 2.17. The van der Waals surface area contributed by atoms with Crippen LogP contribution in [-0.2, 0) is 4.79 Å². The first-order valence-electron chi connectivity index (χ1n) is 9.19. The van der Waals surface area contributed by atoms with Crippen molar-refractivity contribution in [3.63, 3.8) is 0 Å². The number of nitrogens with one attached hydrogen (secondary N) is 1. The Morgan fingerprint density at radius 2 is 1.90 bits per heavy atom. The molecule has 0 aliphatic rings. The van der Waals surface area contributed by atoms with E-state index in [-0.39, 0.29) is 5.91 Å². The number of ether oxygens (including phenoxy) is 1. The van der Waals surface area contributed by atoms with Crippen molar-refractivity contribution in [2.24, 2.45) is 0 Å². The summed E-state index contributed by atoms with van der Waals surface area (Å²) in [5, 5.41) is 3.48. The summed E-state index contributed by atoms with van der Waals surface area (Å²) in [6, 6.07) is 20.3. The van der Waals surface area contributed by atoms with E-state index in [1.165, 1.54) is 0 Å². The summed E-state index contributed by atoms with van der Waals surface area (Å²) >= 11 is 5.96. The van der Waals surface area contributed by atoms with Crippen LogP contribution in [0.2, 0.25) is 5.02 Å². The lowest BCUT2D eigenvalue weighted by Crippen LogP contribution is -2.30. The molecule has 0 aliphatic carbocycles. The van der Waals surface area contributed by atoms with Crippen LogP contribution in [0.3, 0.4) is 0 Å². The molecule has 1 N–H and O–H groups in total. The van der Waals surface area contributed by atoms with Gasteiger partial charge >= 0.3 is 0 Å². The summed E-state index contributed by atoms with van der Waals surface area (Å²) in [7, 11) is 0. The van der Waals surface area contributed by atoms with Gasteiger partial charge in [0.15, 0.2) is 11.7 Å². The molecular weight excluding hydrogens is 388 g/mol. The van der Waals surface area contributed by atoms with Gasteiger partial charge in [-0.3, -0.25) is 4.79 Å². The Bertz CT molecular complexity index is 1170. The maximum Gasteiger partial charge on any atom is 0.265 e. The lowest BCUT2D eigenvalue weighted by Gasteiger charge is -2.16. The number of anilines is 1. The third-order valence-corrected chi connectivity index (χ3v) is 4.72. The highest BCUT2D eigenvalue weighted by atomic mass is 35.5. The number of rotatable bonds is 5. The topological polar surface area (TPSA) is 64.4 Å². The number of carbonyl (C=O) groups excluding carboxylic acids is 1. The molecule has 0 fully saturated rings. The van der Waals surface area contributed by atoms with Crippen molar-refractivity contribution in [1.82, 2.24) is 4.98 Å². The molecule has 3 aromatic carbocycles. The van der Waals surface area contributed by atoms with Crippen molar-refractivity contribution in [2.75, 3.05) is 5.32 Å². The van der Waals surface area contributed by atoms with Crippen molar-refractivity contribution in [2.45, 2.75) is 20.0 Å². The van der Waals surface area contributed by atoms with Crippen molar-refractivity contribution in [3.05, 3.63) is 77.3 Å². The van der Waals surface area contributed by atoms with Crippen molar-refractivity contribution in [3.8, 4) is 17.2 Å². The molecule has 0 saturated heterocycles. The lowest BCUT2D eigenvalue weighted by molar-refractivity contribution is -0.122. The molecule has 6 heteroatoms. The number of hydrogen-bond donors (Lipinski definition) is 1. The number of fused-ring (bicyclic) bond motifs is 1. The summed E-state index contributed by atoms with van der Waals surface area (Å²) in [5.74, 6) is 0.899. The predicted octanol–water partition coefficient (Wildman–Crippen LogP) is 5.86. The van der Waals surface area contributed by atoms with E-state index in [1.54, 1.807) is 37.3 Å². The van der Waals surface area contributed by atoms with Gasteiger partial charge in [-0.15, -0.1) is 0 Å². The van der Waals surface area contributed by atoms with Crippen LogP contribution in [-0.4, -0.2) is 17.0 Å². The number of carbonyl (C=O) groups is 1. The Balaban J connectivity index is 1.48. The molecule has 0 saturated carbocycles. The third-order valence-electron chi connectivity index (χ3n) is 4.49. The SMILES string of the molecule is Cc1cc(Cl)ccc1O[C@@H](C)C(=O)Nc1ccc2nc(-c3ccccc3)oc2c1. The van der Waals surface area contributed by atoms with Crippen LogP contribution < -0.4 is 10.1 Å². The standard InChI is InChI=1S/C23H19ClN2O3/c1-14-12-17(24)8-11-20(14)28-15(2)22(27)25-18-9-10-19-21(13-18)29-23(26-19)16-6-4-3-5-7-16/h3-13,15H,1-2H3,(H,25,27)/t15-/m0/s1. The molecule has 0 unspecified atom stereocenters. The normalized spacial score (nSPS) is 12.0. The summed E-state index contributed by atoms with van der Waals surface area (Å²) in [4.78, 5) is 17.0. The zero-order valence-electron chi connectivity index (χ0n) is 16.0. The quantitative estimate of drug-likeness (QED) is 0.450. The second kappa shape index (κ2) is 7.97. The van der Waals surface area contributed by atoms with Gasteiger partial charge in [-0.05, 0) is 61.9 Å². The van der Waals surface area contributed by atoms with Gasteiger partial charge in [-0.1, -0.05) is 29.8 Å². The summed E-state index contributed by atoms with van der Waals surface area (Å²) in [5.41, 5.74) is 3.71. The van der Waals surface area contributed by atoms with Crippen LogP contribution in [0.5, 0.6) is 5.75 Å². The Morgan fingerprint density at radius 3 is 2.66 bits per heavy atom. The fourth-order valence-electron chi connectivity index (χ4n) is 2.94. The second-order valence-electron chi connectivity index (χ2n) is 6.73. The van der Waals surface area contributed by atoms with Crippen LogP contribution in [0.15, 0.2) is 71.1 Å². The Hall–Kier alpha value is -3.31. The number of amides is 1. The summed E-state index contributed by atoms with van der Waals surface area (Å²) in [6.45, 7) is 3.58. The van der Waals surface area contributed by atoms with Crippen molar-refractivity contribution >= 4 is 34.3 Å². The maximum atomic E-state index is 12.5. The van der Waals surface area contributed by atoms with Gasteiger partial charge in [0.25, 0.3) is 5.91 Å². The Morgan fingerprint density at radius 1 is 1.10 bits per heavy atom. The Kier molecular flexibility index (Phi) is 5.23. The van der Waals surface area contributed by atoms with Crippen molar-refractivity contribution in [1.29, 1.82) is 0 Å². The molecule has 29 heavy (non-hydrogen) atoms. The van der Waals surface area contributed by atoms with Crippen LogP contribution in [0.25, 0.3) is 22.6 Å². The van der Waals surface area contributed by atoms with E-state index >= 15 is 0 Å². The van der Waals surface area contributed by atoms with E-state index in [2.05, 4.69) is 10.3 Å². The minimum Gasteiger partial charge on any atom is -0.481 e. The lowest BCUT2D eigenvalue weighted by atomic mass is 10.2. The van der Waals surface area contributed by atoms with Gasteiger partial charge < -0.3 is 14.5 Å². The molecule has 1 heterocycles. The highest BCUT2D eigenvalue weighted by Crippen LogP contribution is 2.27. The minimum atomic E-state index is -0.680. The van der Waals surface area contributed by atoms with Gasteiger partial charge in [-0.25, -0.2) is 4.98 Å². The smallest absolute Gasteiger partial charge is 0.265 e. The molecule has 4 rings (SSSR count). The van der Waals surface area contributed by atoms with E-state index in [4.69, 9.17) is 20.8 Å². The predicted molar refractivity (Wildman–Crippen MR) is 114 cm³/mol. The monoisotopic (exact) mass is 406 g/mol. The largest absolute Gasteiger partial charge is 0.481 e. The molecule has 4 aromatic rings. The zero-order valence-corrected chi connectivity index (χ0v) is 16.7. The molecule has 1 atom stereocenters. The number of hydrogen-bond acceptors (Lipinski definition) is 4. The number of nitrogens with zero attached hydrogens (tertiary/aromatic N) is 1. The molecular formula is C23H19ClN2O3. The van der Waals surface area contributed by atoms with Crippen LogP contribution in [0.4, 0.5) is 5.69 Å². The van der Waals surface area contributed by atoms with Gasteiger partial charge in [0.05, 0.1) is 0 Å². The number of benzene rings is 3. The van der Waals surface area contributed by atoms with E-state index in [0.717, 1.165) is 16.6 Å². The average molecular weight is 407 g/mol. The van der Waals surface area contributed by atoms with E-state index in [1.807, 2.05) is 43.3 Å². The summed E-state index contributed by atoms with van der Waals surface area (Å²) < 4.78 is 11.6. The van der Waals surface area contributed by atoms with Crippen molar-refractivity contribution < 1.29 is 13.9 Å². The van der Waals surface area contributed by atoms with Gasteiger partial charge in [0, 0.05) is 22.3 Å². The minimum absolute atomic E-state index is 0.263. The van der Waals surface area contributed by atoms with Gasteiger partial charge in [0.1, 0.15) is 11.3 Å². The number of aryl methyl sites for hydroxylation is 1. The van der Waals surface area contributed by atoms with E-state index < -0.39 is 6.10 Å². The second-order valence-corrected chi connectivity index (χ2v) is 7.16. The fraction of sp³-hybridized carbons (Fsp3) is 0.130.